The molecule has 0 fully saturated rings. The van der Waals surface area contributed by atoms with E-state index in [1.165, 1.54) is 31.3 Å². The van der Waals surface area contributed by atoms with Crippen molar-refractivity contribution in [3.8, 4) is 34.3 Å². The SMILES string of the molecule is COc1ccccc1N=c1scc(-c2cc(OC)c(OC)c(OC)c2)n1CCC1=CCCCC1. The molecular formula is C27H32N2O4S. The van der Waals surface area contributed by atoms with Gasteiger partial charge in [-0.1, -0.05) is 23.8 Å². The van der Waals surface area contributed by atoms with Crippen LogP contribution >= 0.6 is 11.3 Å². The average Bonchev–Trinajstić information content (AvgIpc) is 3.29. The Morgan fingerprint density at radius 1 is 0.912 bits per heavy atom. The first-order chi connectivity index (χ1) is 16.7. The number of methoxy groups -OCH3 is 4. The van der Waals surface area contributed by atoms with Crippen LogP contribution in [0.1, 0.15) is 32.1 Å². The van der Waals surface area contributed by atoms with Gasteiger partial charge in [0.25, 0.3) is 0 Å². The van der Waals surface area contributed by atoms with Crippen LogP contribution in [-0.4, -0.2) is 33.0 Å². The Hall–Kier alpha value is -3.19. The van der Waals surface area contributed by atoms with Gasteiger partial charge in [0.1, 0.15) is 11.4 Å². The number of ether oxygens (including phenoxy) is 4. The fourth-order valence-electron chi connectivity index (χ4n) is 4.31. The number of thiazole rings is 1. The molecule has 0 N–H and O–H groups in total. The maximum Gasteiger partial charge on any atom is 0.203 e. The topological polar surface area (TPSA) is 54.2 Å². The minimum Gasteiger partial charge on any atom is -0.494 e. The molecule has 0 atom stereocenters. The summed E-state index contributed by atoms with van der Waals surface area (Å²) in [7, 11) is 6.57. The second-order valence-corrected chi connectivity index (χ2v) is 8.95. The van der Waals surface area contributed by atoms with Crippen molar-refractivity contribution in [2.45, 2.75) is 38.6 Å². The lowest BCUT2D eigenvalue weighted by Crippen LogP contribution is -2.17. The number of rotatable bonds is 9. The first kappa shape index (κ1) is 24.0. The summed E-state index contributed by atoms with van der Waals surface area (Å²) in [4.78, 5) is 5.91. The molecule has 3 aromatic rings. The normalized spacial score (nSPS) is 14.0. The number of para-hydroxylation sites is 2. The molecule has 0 amide bonds. The van der Waals surface area contributed by atoms with Crippen LogP contribution in [-0.2, 0) is 6.54 Å². The summed E-state index contributed by atoms with van der Waals surface area (Å²) < 4.78 is 24.6. The molecule has 0 unspecified atom stereocenters. The highest BCUT2D eigenvalue weighted by Gasteiger charge is 2.17. The predicted octanol–water partition coefficient (Wildman–Crippen LogP) is 6.37. The maximum atomic E-state index is 5.61. The fourth-order valence-corrected chi connectivity index (χ4v) is 5.26. The lowest BCUT2D eigenvalue weighted by Gasteiger charge is -2.17. The van der Waals surface area contributed by atoms with Crippen molar-refractivity contribution in [1.82, 2.24) is 4.57 Å². The first-order valence-electron chi connectivity index (χ1n) is 11.5. The van der Waals surface area contributed by atoms with Gasteiger partial charge in [-0.2, -0.15) is 0 Å². The lowest BCUT2D eigenvalue weighted by atomic mass is 9.97. The van der Waals surface area contributed by atoms with E-state index in [4.69, 9.17) is 23.9 Å². The van der Waals surface area contributed by atoms with E-state index < -0.39 is 0 Å². The number of benzene rings is 2. The standard InChI is InChI=1S/C27H32N2O4S/c1-30-23-13-9-8-12-21(23)28-27-29(15-14-19-10-6-5-7-11-19)22(18-34-27)20-16-24(31-2)26(33-4)25(17-20)32-3/h8-10,12-13,16-18H,5-7,11,14-15H2,1-4H3. The van der Waals surface area contributed by atoms with Crippen molar-refractivity contribution in [1.29, 1.82) is 0 Å². The molecule has 1 aromatic heterocycles. The smallest absolute Gasteiger partial charge is 0.203 e. The minimum atomic E-state index is 0.585. The molecule has 1 aliphatic carbocycles. The zero-order valence-electron chi connectivity index (χ0n) is 20.3. The van der Waals surface area contributed by atoms with Gasteiger partial charge in [0.05, 0.1) is 34.1 Å². The van der Waals surface area contributed by atoms with Gasteiger partial charge in [-0.05, 0) is 56.4 Å². The van der Waals surface area contributed by atoms with Crippen molar-refractivity contribution >= 4 is 17.0 Å². The van der Waals surface area contributed by atoms with E-state index in [1.54, 1.807) is 39.8 Å². The van der Waals surface area contributed by atoms with Crippen LogP contribution in [0, 0.1) is 0 Å². The first-order valence-corrected chi connectivity index (χ1v) is 12.4. The second-order valence-electron chi connectivity index (χ2n) is 8.11. The predicted molar refractivity (Wildman–Crippen MR) is 137 cm³/mol. The number of aromatic nitrogens is 1. The summed E-state index contributed by atoms with van der Waals surface area (Å²) in [6.07, 6.45) is 8.35. The highest BCUT2D eigenvalue weighted by molar-refractivity contribution is 7.07. The summed E-state index contributed by atoms with van der Waals surface area (Å²) in [6.45, 7) is 0.843. The Morgan fingerprint density at radius 3 is 2.29 bits per heavy atom. The molecule has 6 nitrogen and oxygen atoms in total. The van der Waals surface area contributed by atoms with Crippen LogP contribution in [0.4, 0.5) is 5.69 Å². The number of hydrogen-bond donors (Lipinski definition) is 0. The number of hydrogen-bond acceptors (Lipinski definition) is 6. The van der Waals surface area contributed by atoms with E-state index in [0.717, 1.165) is 40.5 Å². The maximum absolute atomic E-state index is 5.61. The van der Waals surface area contributed by atoms with Gasteiger partial charge < -0.3 is 23.5 Å². The van der Waals surface area contributed by atoms with E-state index in [9.17, 15) is 0 Å². The Morgan fingerprint density at radius 2 is 1.65 bits per heavy atom. The van der Waals surface area contributed by atoms with Crippen LogP contribution in [0.2, 0.25) is 0 Å². The monoisotopic (exact) mass is 480 g/mol. The highest BCUT2D eigenvalue weighted by atomic mass is 32.1. The van der Waals surface area contributed by atoms with Crippen molar-refractivity contribution in [2.24, 2.45) is 4.99 Å². The van der Waals surface area contributed by atoms with Gasteiger partial charge in [-0.25, -0.2) is 4.99 Å². The molecular weight excluding hydrogens is 448 g/mol. The summed E-state index contributed by atoms with van der Waals surface area (Å²) >= 11 is 1.62. The summed E-state index contributed by atoms with van der Waals surface area (Å²) in [6, 6.07) is 11.8. The van der Waals surface area contributed by atoms with Crippen LogP contribution in [0.25, 0.3) is 11.3 Å². The third-order valence-corrected chi connectivity index (χ3v) is 6.96. The van der Waals surface area contributed by atoms with Crippen molar-refractivity contribution in [3.63, 3.8) is 0 Å². The van der Waals surface area contributed by atoms with E-state index in [2.05, 4.69) is 16.0 Å². The van der Waals surface area contributed by atoms with Crippen molar-refractivity contribution in [3.05, 3.63) is 58.2 Å². The van der Waals surface area contributed by atoms with Gasteiger partial charge in [0.15, 0.2) is 16.3 Å². The average molecular weight is 481 g/mol. The van der Waals surface area contributed by atoms with Gasteiger partial charge in [-0.3, -0.25) is 0 Å². The van der Waals surface area contributed by atoms with Crippen molar-refractivity contribution in [2.75, 3.05) is 28.4 Å². The molecule has 0 saturated heterocycles. The molecule has 0 saturated carbocycles. The summed E-state index contributed by atoms with van der Waals surface area (Å²) in [5.74, 6) is 2.61. The quantitative estimate of drug-likeness (QED) is 0.334. The molecule has 0 spiro atoms. The highest BCUT2D eigenvalue weighted by Crippen LogP contribution is 2.41. The molecule has 1 aliphatic rings. The molecule has 1 heterocycles. The zero-order valence-corrected chi connectivity index (χ0v) is 21.1. The molecule has 0 aliphatic heterocycles. The summed E-state index contributed by atoms with van der Waals surface area (Å²) in [5, 5.41) is 2.14. The van der Waals surface area contributed by atoms with E-state index in [1.807, 2.05) is 36.4 Å². The van der Waals surface area contributed by atoms with Crippen LogP contribution in [0.15, 0.2) is 58.4 Å². The molecule has 7 heteroatoms. The Balaban J connectivity index is 1.83. The van der Waals surface area contributed by atoms with Crippen LogP contribution < -0.4 is 23.7 Å². The minimum absolute atomic E-state index is 0.585. The van der Waals surface area contributed by atoms with Crippen LogP contribution in [0.3, 0.4) is 0 Å². The van der Waals surface area contributed by atoms with Crippen LogP contribution in [0.5, 0.6) is 23.0 Å². The number of allylic oxidation sites excluding steroid dienone is 2. The molecule has 180 valence electrons. The zero-order chi connectivity index (χ0) is 23.9. The largest absolute Gasteiger partial charge is 0.494 e. The van der Waals surface area contributed by atoms with E-state index in [-0.39, 0.29) is 0 Å². The lowest BCUT2D eigenvalue weighted by molar-refractivity contribution is 0.324. The molecule has 2 aromatic carbocycles. The summed E-state index contributed by atoms with van der Waals surface area (Å²) in [5.41, 5.74) is 4.40. The molecule has 0 radical (unpaired) electrons. The van der Waals surface area contributed by atoms with E-state index in [0.29, 0.717) is 17.2 Å². The molecule has 34 heavy (non-hydrogen) atoms. The number of nitrogens with zero attached hydrogens (tertiary/aromatic N) is 2. The third-order valence-electron chi connectivity index (χ3n) is 6.10. The third kappa shape index (κ3) is 5.14. The Bertz CT molecular complexity index is 1200. The molecule has 4 rings (SSSR count). The Kier molecular flexibility index (Phi) is 7.95. The van der Waals surface area contributed by atoms with Gasteiger partial charge in [0.2, 0.25) is 5.75 Å². The van der Waals surface area contributed by atoms with Gasteiger partial charge in [-0.15, -0.1) is 11.3 Å². The fraction of sp³-hybridized carbons (Fsp3) is 0.370. The second kappa shape index (κ2) is 11.3. The van der Waals surface area contributed by atoms with E-state index >= 15 is 0 Å². The van der Waals surface area contributed by atoms with Gasteiger partial charge >= 0.3 is 0 Å². The van der Waals surface area contributed by atoms with Gasteiger partial charge in [0, 0.05) is 17.5 Å². The Labute approximate surface area is 205 Å². The molecule has 0 bridgehead atoms. The van der Waals surface area contributed by atoms with Crippen molar-refractivity contribution < 1.29 is 18.9 Å².